The fourth-order valence-corrected chi connectivity index (χ4v) is 3.22. The van der Waals surface area contributed by atoms with Crippen LogP contribution in [0.15, 0.2) is 47.4 Å². The Morgan fingerprint density at radius 3 is 1.93 bits per heavy atom. The fraction of sp³-hybridized carbons (Fsp3) is 0.0588. The van der Waals surface area contributed by atoms with Gasteiger partial charge in [0, 0.05) is 0 Å². The molecule has 2 aromatic carbocycles. The monoisotopic (exact) mass is 464 g/mol. The van der Waals surface area contributed by atoms with E-state index in [0.29, 0.717) is 10.0 Å². The van der Waals surface area contributed by atoms with Crippen LogP contribution in [-0.4, -0.2) is 9.78 Å². The second-order valence-electron chi connectivity index (χ2n) is 5.10. The van der Waals surface area contributed by atoms with Gasteiger partial charge in [0.25, 0.3) is 5.56 Å². The second-order valence-corrected chi connectivity index (χ2v) is 7.11. The second kappa shape index (κ2) is 8.59. The van der Waals surface area contributed by atoms with E-state index in [1.807, 2.05) is 0 Å². The van der Waals surface area contributed by atoms with E-state index in [0.717, 1.165) is 4.68 Å². The number of nitrogens with zero attached hydrogens (tertiary/aromatic N) is 2. The molecule has 0 unspecified atom stereocenters. The molecule has 0 saturated heterocycles. The van der Waals surface area contributed by atoms with E-state index in [2.05, 4.69) is 5.10 Å². The first-order valence-corrected chi connectivity index (χ1v) is 9.21. The van der Waals surface area contributed by atoms with Crippen LogP contribution in [0.1, 0.15) is 0 Å². The molecule has 1 aromatic heterocycles. The topological polar surface area (TPSA) is 53.3 Å². The van der Waals surface area contributed by atoms with Crippen molar-refractivity contribution in [3.05, 3.63) is 78.1 Å². The van der Waals surface area contributed by atoms with Crippen molar-refractivity contribution in [3.63, 3.8) is 0 Å². The molecule has 0 spiro atoms. The first kappa shape index (κ1) is 20.1. The number of benzene rings is 2. The van der Waals surface area contributed by atoms with Crippen molar-refractivity contribution in [1.82, 2.24) is 9.78 Å². The largest absolute Gasteiger partial charge is 0.468 e. The van der Waals surface area contributed by atoms with Crippen LogP contribution in [0.2, 0.25) is 25.1 Å². The van der Waals surface area contributed by atoms with Gasteiger partial charge in [-0.2, -0.15) is 9.78 Å². The van der Waals surface area contributed by atoms with Crippen molar-refractivity contribution in [1.29, 1.82) is 0 Å². The number of hydrogen-bond donors (Lipinski definition) is 0. The lowest BCUT2D eigenvalue weighted by molar-refractivity contribution is 0.214. The van der Waals surface area contributed by atoms with Gasteiger partial charge < -0.3 is 9.47 Å². The summed E-state index contributed by atoms with van der Waals surface area (Å²) < 4.78 is 12.0. The minimum atomic E-state index is -0.638. The van der Waals surface area contributed by atoms with Crippen LogP contribution in [-0.2, 0) is 6.73 Å². The summed E-state index contributed by atoms with van der Waals surface area (Å²) in [7, 11) is 0. The Morgan fingerprint density at radius 1 is 0.852 bits per heavy atom. The molecule has 0 fully saturated rings. The zero-order valence-electron chi connectivity index (χ0n) is 13.3. The molecule has 0 radical (unpaired) electrons. The van der Waals surface area contributed by atoms with Gasteiger partial charge in [0.15, 0.2) is 29.0 Å². The molecule has 0 bridgehead atoms. The van der Waals surface area contributed by atoms with Gasteiger partial charge in [0.2, 0.25) is 0 Å². The summed E-state index contributed by atoms with van der Waals surface area (Å²) in [4.78, 5) is 12.4. The van der Waals surface area contributed by atoms with E-state index >= 15 is 0 Å². The Bertz CT molecular complexity index is 1010. The highest BCUT2D eigenvalue weighted by atomic mass is 35.5. The number of halogens is 5. The van der Waals surface area contributed by atoms with Gasteiger partial charge in [-0.1, -0.05) is 70.1 Å². The summed E-state index contributed by atoms with van der Waals surface area (Å²) in [5.74, 6) is 0.401. The third-order valence-electron chi connectivity index (χ3n) is 3.33. The summed E-state index contributed by atoms with van der Waals surface area (Å²) in [6, 6.07) is 9.73. The van der Waals surface area contributed by atoms with Crippen LogP contribution in [0, 0.1) is 0 Å². The molecular formula is C17H9Cl5N2O3. The van der Waals surface area contributed by atoms with Crippen LogP contribution in [0.3, 0.4) is 0 Å². The molecule has 3 rings (SSSR count). The standard InChI is InChI=1S/C17H9Cl5N2O3/c18-9-3-1-4-10(19)15(9)26-8-24-17(25)14(22)13(7-23-24)27-16-11(20)5-2-6-12(16)21/h1-7H,8H2. The molecule has 0 atom stereocenters. The zero-order chi connectivity index (χ0) is 19.6. The van der Waals surface area contributed by atoms with Crippen molar-refractivity contribution in [2.75, 3.05) is 0 Å². The van der Waals surface area contributed by atoms with E-state index < -0.39 is 5.56 Å². The van der Waals surface area contributed by atoms with Gasteiger partial charge in [-0.25, -0.2) is 0 Å². The van der Waals surface area contributed by atoms with Crippen LogP contribution in [0.25, 0.3) is 0 Å². The predicted octanol–water partition coefficient (Wildman–Crippen LogP) is 6.34. The third-order valence-corrected chi connectivity index (χ3v) is 4.87. The summed E-state index contributed by atoms with van der Waals surface area (Å²) in [5, 5.41) is 4.88. The first-order valence-electron chi connectivity index (χ1n) is 7.32. The zero-order valence-corrected chi connectivity index (χ0v) is 17.0. The Balaban J connectivity index is 1.84. The van der Waals surface area contributed by atoms with Gasteiger partial charge in [-0.15, -0.1) is 0 Å². The number of aromatic nitrogens is 2. The maximum atomic E-state index is 12.4. The predicted molar refractivity (Wildman–Crippen MR) is 107 cm³/mol. The first-order chi connectivity index (χ1) is 12.9. The highest BCUT2D eigenvalue weighted by Gasteiger charge is 2.16. The van der Waals surface area contributed by atoms with Gasteiger partial charge in [-0.3, -0.25) is 4.79 Å². The van der Waals surface area contributed by atoms with E-state index in [1.54, 1.807) is 36.4 Å². The maximum Gasteiger partial charge on any atom is 0.292 e. The minimum absolute atomic E-state index is 0.00342. The van der Waals surface area contributed by atoms with Crippen molar-refractivity contribution >= 4 is 58.0 Å². The van der Waals surface area contributed by atoms with Gasteiger partial charge >= 0.3 is 0 Å². The lowest BCUT2D eigenvalue weighted by Gasteiger charge is -2.13. The Kier molecular flexibility index (Phi) is 6.40. The molecule has 0 amide bonds. The van der Waals surface area contributed by atoms with E-state index in [9.17, 15) is 4.79 Å². The molecule has 0 saturated carbocycles. The summed E-state index contributed by atoms with van der Waals surface area (Å²) in [6.07, 6.45) is 1.25. The molecule has 27 heavy (non-hydrogen) atoms. The molecule has 3 aromatic rings. The van der Waals surface area contributed by atoms with Gasteiger partial charge in [0.05, 0.1) is 26.3 Å². The third kappa shape index (κ3) is 4.45. The number of para-hydroxylation sites is 2. The molecule has 0 aliphatic carbocycles. The number of hydrogen-bond acceptors (Lipinski definition) is 4. The van der Waals surface area contributed by atoms with Crippen LogP contribution < -0.4 is 15.0 Å². The molecular weight excluding hydrogens is 457 g/mol. The average Bonchev–Trinajstić information content (AvgIpc) is 2.63. The lowest BCUT2D eigenvalue weighted by Crippen LogP contribution is -2.26. The van der Waals surface area contributed by atoms with E-state index in [-0.39, 0.29) is 39.0 Å². The highest BCUT2D eigenvalue weighted by Crippen LogP contribution is 2.37. The quantitative estimate of drug-likeness (QED) is 0.440. The summed E-state index contributed by atoms with van der Waals surface area (Å²) in [5.41, 5.74) is -0.638. The van der Waals surface area contributed by atoms with Crippen molar-refractivity contribution in [3.8, 4) is 17.2 Å². The Labute approximate surface area is 178 Å². The van der Waals surface area contributed by atoms with Crippen LogP contribution in [0.5, 0.6) is 17.2 Å². The fourth-order valence-electron chi connectivity index (χ4n) is 2.05. The summed E-state index contributed by atoms with van der Waals surface area (Å²) >= 11 is 30.2. The summed E-state index contributed by atoms with van der Waals surface area (Å²) in [6.45, 7) is -0.255. The van der Waals surface area contributed by atoms with E-state index in [1.165, 1.54) is 6.20 Å². The van der Waals surface area contributed by atoms with Gasteiger partial charge in [-0.05, 0) is 24.3 Å². The Morgan fingerprint density at radius 2 is 1.37 bits per heavy atom. The van der Waals surface area contributed by atoms with Crippen molar-refractivity contribution < 1.29 is 9.47 Å². The molecule has 0 aliphatic rings. The van der Waals surface area contributed by atoms with E-state index in [4.69, 9.17) is 67.5 Å². The van der Waals surface area contributed by atoms with Crippen molar-refractivity contribution in [2.45, 2.75) is 6.73 Å². The molecule has 1 heterocycles. The number of rotatable bonds is 5. The molecule has 140 valence electrons. The highest BCUT2D eigenvalue weighted by molar-refractivity contribution is 6.37. The SMILES string of the molecule is O=c1c(Cl)c(Oc2c(Cl)cccc2Cl)cnn1COc1c(Cl)cccc1Cl. The molecule has 5 nitrogen and oxygen atoms in total. The lowest BCUT2D eigenvalue weighted by atomic mass is 10.3. The van der Waals surface area contributed by atoms with Crippen LogP contribution >= 0.6 is 58.0 Å². The van der Waals surface area contributed by atoms with Gasteiger partial charge in [0.1, 0.15) is 0 Å². The molecule has 0 N–H and O–H groups in total. The smallest absolute Gasteiger partial charge is 0.292 e. The number of ether oxygens (including phenoxy) is 2. The van der Waals surface area contributed by atoms with Crippen LogP contribution in [0.4, 0.5) is 0 Å². The minimum Gasteiger partial charge on any atom is -0.468 e. The maximum absolute atomic E-state index is 12.4. The van der Waals surface area contributed by atoms with Crippen molar-refractivity contribution in [2.24, 2.45) is 0 Å². The average molecular weight is 467 g/mol. The normalized spacial score (nSPS) is 10.7. The molecule has 10 heteroatoms. The molecule has 0 aliphatic heterocycles. The Hall–Kier alpha value is -1.63.